The number of benzene rings is 5. The zero-order valence-corrected chi connectivity index (χ0v) is 34.1. The number of fused-ring (bicyclic) bond motifs is 3. The maximum Gasteiger partial charge on any atom is 0.144 e. The van der Waals surface area contributed by atoms with Gasteiger partial charge >= 0.3 is 0 Å². The average molecular weight is 823 g/mol. The minimum Gasteiger partial charge on any atom is -0.455 e. The van der Waals surface area contributed by atoms with Crippen LogP contribution >= 0.6 is 0 Å². The van der Waals surface area contributed by atoms with Crippen molar-refractivity contribution in [2.75, 3.05) is 0 Å². The number of hydrogen-bond acceptors (Lipinski definition) is 5. The fraction of sp³-hybridized carbons (Fsp3) is 0.193. The molecule has 4 aromatic heterocycles. The minimum atomic E-state index is -3.33. The first kappa shape index (κ1) is 25.6. The van der Waals surface area contributed by atoms with Crippen LogP contribution in [0.25, 0.3) is 55.7 Å². The Morgan fingerprint density at radius 1 is 0.565 bits per heavy atom. The molecular formula is C57H50N4O. The van der Waals surface area contributed by atoms with Crippen LogP contribution in [0, 0.1) is 16.7 Å². The second-order valence-corrected chi connectivity index (χ2v) is 15.6. The summed E-state index contributed by atoms with van der Waals surface area (Å²) in [6, 6.07) is 35.2. The van der Waals surface area contributed by atoms with Gasteiger partial charge < -0.3 is 4.42 Å². The van der Waals surface area contributed by atoms with Crippen molar-refractivity contribution in [2.45, 2.75) is 65.4 Å². The highest BCUT2D eigenvalue weighted by molar-refractivity contribution is 6.09. The fourth-order valence-electron chi connectivity index (χ4n) is 6.91. The third kappa shape index (κ3) is 9.41. The van der Waals surface area contributed by atoms with Crippen LogP contribution in [0.3, 0.4) is 0 Å². The molecule has 0 aliphatic carbocycles. The number of para-hydroxylation sites is 1. The molecule has 0 atom stereocenters. The van der Waals surface area contributed by atoms with Crippen molar-refractivity contribution in [3.05, 3.63) is 209 Å². The van der Waals surface area contributed by atoms with E-state index in [2.05, 4.69) is 15.0 Å². The van der Waals surface area contributed by atoms with Gasteiger partial charge in [0.1, 0.15) is 11.2 Å². The number of hydrogen-bond donors (Lipinski definition) is 0. The molecule has 0 radical (unpaired) electrons. The highest BCUT2D eigenvalue weighted by Crippen LogP contribution is 2.36. The van der Waals surface area contributed by atoms with Crippen LogP contribution < -0.4 is 0 Å². The summed E-state index contributed by atoms with van der Waals surface area (Å²) in [5.41, 5.74) is -1.77. The van der Waals surface area contributed by atoms with E-state index in [1.165, 1.54) is 36.4 Å². The van der Waals surface area contributed by atoms with Crippen LogP contribution in [-0.4, -0.2) is 15.0 Å². The quantitative estimate of drug-likeness (QED) is 0.116. The monoisotopic (exact) mass is 822 g/mol. The van der Waals surface area contributed by atoms with Gasteiger partial charge in [0.25, 0.3) is 0 Å². The Kier molecular flexibility index (Phi) is 7.35. The van der Waals surface area contributed by atoms with Gasteiger partial charge in [-0.15, -0.1) is 0 Å². The molecule has 5 heteroatoms. The van der Waals surface area contributed by atoms with Crippen molar-refractivity contribution >= 4 is 21.9 Å². The van der Waals surface area contributed by atoms with Gasteiger partial charge in [-0.1, -0.05) is 124 Å². The second-order valence-electron chi connectivity index (χ2n) is 15.6. The van der Waals surface area contributed by atoms with Gasteiger partial charge in [-0.2, -0.15) is 5.26 Å². The van der Waals surface area contributed by atoms with E-state index in [0.29, 0.717) is 33.2 Å². The molecule has 62 heavy (non-hydrogen) atoms. The predicted molar refractivity (Wildman–Crippen MR) is 253 cm³/mol. The minimum absolute atomic E-state index is 0.0733. The molecule has 0 amide bonds. The lowest BCUT2D eigenvalue weighted by Crippen LogP contribution is -2.12. The number of nitriles is 1. The maximum atomic E-state index is 9.72. The Balaban J connectivity index is 1.18. The molecule has 0 N–H and O–H groups in total. The summed E-state index contributed by atoms with van der Waals surface area (Å²) in [5.74, 6) is 0. The van der Waals surface area contributed by atoms with Crippen molar-refractivity contribution in [1.82, 2.24) is 15.0 Å². The number of aromatic nitrogens is 3. The van der Waals surface area contributed by atoms with Crippen molar-refractivity contribution in [1.29, 1.82) is 5.26 Å². The SMILES string of the molecule is [2H]c1cc2c(oc3c(-c4ccc(C([2H])([2H])C([2H])([2H])c5cc(C([2H])([2H])C([2H])([2H])c6ccc(-c7ccccc7)nc6)cc(C([2H])([2H])C([2H])([2H])c6cnc(-c7ccccc7)cc6C([2H])([2H])C(C)(C)C)c5)cn4)cccc32)c([2H])c1C#N. The molecule has 0 unspecified atom stereocenters. The lowest BCUT2D eigenvalue weighted by Gasteiger charge is -2.21. The first-order valence-corrected chi connectivity index (χ1v) is 20.0. The molecule has 4 heterocycles. The molecule has 0 saturated heterocycles. The molecule has 9 rings (SSSR count). The van der Waals surface area contributed by atoms with Gasteiger partial charge in [0, 0.05) is 65.2 Å². The van der Waals surface area contributed by atoms with Gasteiger partial charge in [-0.05, 0) is 131 Å². The van der Waals surface area contributed by atoms with Crippen molar-refractivity contribution < 1.29 is 26.3 Å². The summed E-state index contributed by atoms with van der Waals surface area (Å²) >= 11 is 0. The van der Waals surface area contributed by atoms with E-state index < -0.39 is 72.3 Å². The predicted octanol–water partition coefficient (Wildman–Crippen LogP) is 13.6. The van der Waals surface area contributed by atoms with Crippen LogP contribution in [0.4, 0.5) is 0 Å². The number of nitrogens with zero attached hydrogens (tertiary/aromatic N) is 4. The van der Waals surface area contributed by atoms with E-state index in [4.69, 9.17) is 7.16 Å². The van der Waals surface area contributed by atoms with Crippen molar-refractivity contribution in [3.63, 3.8) is 0 Å². The smallest absolute Gasteiger partial charge is 0.144 e. The van der Waals surface area contributed by atoms with Crippen molar-refractivity contribution in [3.8, 4) is 39.8 Å². The summed E-state index contributed by atoms with van der Waals surface area (Å²) in [6.45, 7) is 4.82. The lowest BCUT2D eigenvalue weighted by atomic mass is 9.85. The molecule has 5 nitrogen and oxygen atoms in total. The zero-order chi connectivity index (χ0) is 56.8. The van der Waals surface area contributed by atoms with Gasteiger partial charge in [0.15, 0.2) is 0 Å². The van der Waals surface area contributed by atoms with Gasteiger partial charge in [-0.25, -0.2) is 0 Å². The molecular weight excluding hydrogens is 757 g/mol. The van der Waals surface area contributed by atoms with Crippen LogP contribution in [-0.2, 0) is 44.6 Å². The molecule has 5 aromatic carbocycles. The van der Waals surface area contributed by atoms with Crippen LogP contribution in [0.5, 0.6) is 0 Å². The summed E-state index contributed by atoms with van der Waals surface area (Å²) < 4.78 is 156. The molecule has 0 saturated carbocycles. The Hall–Kier alpha value is -7.16. The third-order valence-electron chi connectivity index (χ3n) is 9.80. The first-order chi connectivity index (χ1) is 36.4. The van der Waals surface area contributed by atoms with Crippen LogP contribution in [0.2, 0.25) is 0 Å². The van der Waals surface area contributed by atoms with Crippen LogP contribution in [0.1, 0.15) is 87.2 Å². The number of pyridine rings is 3. The van der Waals surface area contributed by atoms with Crippen LogP contribution in [0.15, 0.2) is 169 Å². The summed E-state index contributed by atoms with van der Waals surface area (Å²) in [4.78, 5) is 13.4. The van der Waals surface area contributed by atoms with E-state index in [1.807, 2.05) is 12.1 Å². The van der Waals surface area contributed by atoms with Crippen molar-refractivity contribution in [2.24, 2.45) is 5.41 Å². The molecule has 0 bridgehead atoms. The summed E-state index contributed by atoms with van der Waals surface area (Å²) in [5, 5.41) is 10.5. The number of aryl methyl sites for hydroxylation is 6. The highest BCUT2D eigenvalue weighted by atomic mass is 16.3. The Bertz CT molecular complexity index is 3800. The van der Waals surface area contributed by atoms with Gasteiger partial charge in [0.2, 0.25) is 0 Å². The van der Waals surface area contributed by atoms with E-state index in [9.17, 15) is 24.5 Å². The summed E-state index contributed by atoms with van der Waals surface area (Å²) in [6.07, 6.45) is -18.1. The summed E-state index contributed by atoms with van der Waals surface area (Å²) in [7, 11) is 0. The number of rotatable bonds is 13. The Labute approximate surface area is 387 Å². The van der Waals surface area contributed by atoms with Gasteiger partial charge in [-0.3, -0.25) is 15.0 Å². The molecule has 0 fully saturated rings. The van der Waals surface area contributed by atoms with Gasteiger partial charge in [0.05, 0.1) is 31.5 Å². The topological polar surface area (TPSA) is 75.6 Å². The molecule has 304 valence electrons. The van der Waals surface area contributed by atoms with E-state index in [-0.39, 0.29) is 56.9 Å². The third-order valence-corrected chi connectivity index (χ3v) is 9.80. The molecule has 0 aliphatic rings. The first-order valence-electron chi connectivity index (χ1n) is 28.0. The second kappa shape index (κ2) is 17.8. The van der Waals surface area contributed by atoms with E-state index in [1.54, 1.807) is 93.6 Å². The number of furan rings is 1. The lowest BCUT2D eigenvalue weighted by molar-refractivity contribution is 0.409. The molecule has 9 aromatic rings. The van der Waals surface area contributed by atoms with E-state index in [0.717, 1.165) is 36.8 Å². The standard InChI is InChI=1S/C57H50N4O/c1-57(2,3)34-48-33-54(46-13-8-5-9-14-46)61-38-47(48)25-21-43-30-41(19-17-39-23-27-52(59-36-39)45-11-6-4-7-12-45)29-42(31-43)20-18-40-24-28-53(60-37-40)51-16-10-15-50-49-26-22-44(35-58)32-55(49)62-56(50)51/h4-16,22-24,26-33,36-38H,17-21,25,34H2,1-3H3/i17D2,18D2,19D2,20D2,21D2,22D,25D2,32D,34D2. The Morgan fingerprint density at radius 3 is 1.74 bits per heavy atom. The average Bonchev–Trinajstić information content (AvgIpc) is 3.91. The largest absolute Gasteiger partial charge is 0.455 e. The van der Waals surface area contributed by atoms with E-state index >= 15 is 0 Å². The fourth-order valence-corrected chi connectivity index (χ4v) is 6.91. The zero-order valence-electron chi connectivity index (χ0n) is 50.1. The normalized spacial score (nSPS) is 17.0. The molecule has 0 spiro atoms. The highest BCUT2D eigenvalue weighted by Gasteiger charge is 2.17. The maximum absolute atomic E-state index is 9.72. The Morgan fingerprint density at radius 2 is 1.15 bits per heavy atom. The molecule has 0 aliphatic heterocycles.